The molecule has 0 saturated carbocycles. The summed E-state index contributed by atoms with van der Waals surface area (Å²) in [6.07, 6.45) is 2.42. The standard InChI is InChI=1S/C16H24FNO/c1-4-15-13(8-9-19-15)16(18-5-2)12-6-7-14(17)11(3)10-12/h6-7,10,13,15-16,18H,4-5,8-9H2,1-3H3. The third-order valence-electron chi connectivity index (χ3n) is 4.06. The first-order valence-electron chi connectivity index (χ1n) is 7.28. The van der Waals surface area contributed by atoms with Crippen LogP contribution in [0, 0.1) is 18.7 Å². The Hall–Kier alpha value is -0.930. The largest absolute Gasteiger partial charge is 0.378 e. The molecule has 1 aliphatic heterocycles. The molecule has 106 valence electrons. The van der Waals surface area contributed by atoms with Crippen molar-refractivity contribution >= 4 is 0 Å². The van der Waals surface area contributed by atoms with Crippen molar-refractivity contribution in [3.05, 3.63) is 35.1 Å². The van der Waals surface area contributed by atoms with Crippen LogP contribution in [0.4, 0.5) is 4.39 Å². The maximum atomic E-state index is 13.4. The molecule has 1 N–H and O–H groups in total. The Morgan fingerprint density at radius 2 is 2.21 bits per heavy atom. The topological polar surface area (TPSA) is 21.3 Å². The highest BCUT2D eigenvalue weighted by atomic mass is 19.1. The van der Waals surface area contributed by atoms with E-state index in [1.807, 2.05) is 19.1 Å². The van der Waals surface area contributed by atoms with Crippen LogP contribution in [0.2, 0.25) is 0 Å². The molecular weight excluding hydrogens is 241 g/mol. The fraction of sp³-hybridized carbons (Fsp3) is 0.625. The van der Waals surface area contributed by atoms with E-state index in [-0.39, 0.29) is 11.9 Å². The van der Waals surface area contributed by atoms with Crippen LogP contribution in [-0.2, 0) is 4.74 Å². The maximum Gasteiger partial charge on any atom is 0.126 e. The van der Waals surface area contributed by atoms with Crippen molar-refractivity contribution in [2.24, 2.45) is 5.92 Å². The van der Waals surface area contributed by atoms with Crippen LogP contribution in [0.5, 0.6) is 0 Å². The lowest BCUT2D eigenvalue weighted by atomic mass is 9.86. The van der Waals surface area contributed by atoms with E-state index in [0.29, 0.717) is 17.6 Å². The number of hydrogen-bond acceptors (Lipinski definition) is 2. The van der Waals surface area contributed by atoms with Crippen molar-refractivity contribution < 1.29 is 9.13 Å². The SMILES string of the molecule is CCNC(c1ccc(F)c(C)c1)C1CCOC1CC. The molecule has 2 nitrogen and oxygen atoms in total. The van der Waals surface area contributed by atoms with Crippen LogP contribution in [0.1, 0.15) is 43.9 Å². The second-order valence-corrected chi connectivity index (χ2v) is 5.31. The molecule has 0 aliphatic carbocycles. The van der Waals surface area contributed by atoms with Gasteiger partial charge in [-0.1, -0.05) is 26.0 Å². The Morgan fingerprint density at radius 1 is 1.42 bits per heavy atom. The van der Waals surface area contributed by atoms with Gasteiger partial charge >= 0.3 is 0 Å². The third-order valence-corrected chi connectivity index (χ3v) is 4.06. The lowest BCUT2D eigenvalue weighted by Gasteiger charge is -2.28. The molecule has 3 heteroatoms. The van der Waals surface area contributed by atoms with Gasteiger partial charge in [-0.3, -0.25) is 0 Å². The molecule has 0 spiro atoms. The third kappa shape index (κ3) is 3.15. The predicted molar refractivity (Wildman–Crippen MR) is 75.7 cm³/mol. The Labute approximate surface area is 115 Å². The molecule has 19 heavy (non-hydrogen) atoms. The van der Waals surface area contributed by atoms with Crippen LogP contribution in [-0.4, -0.2) is 19.3 Å². The van der Waals surface area contributed by atoms with Crippen molar-refractivity contribution in [1.82, 2.24) is 5.32 Å². The van der Waals surface area contributed by atoms with Crippen molar-refractivity contribution in [3.8, 4) is 0 Å². The normalized spacial score (nSPS) is 24.6. The smallest absolute Gasteiger partial charge is 0.126 e. The van der Waals surface area contributed by atoms with Gasteiger partial charge in [-0.2, -0.15) is 0 Å². The van der Waals surface area contributed by atoms with Gasteiger partial charge in [-0.15, -0.1) is 0 Å². The molecule has 1 aromatic carbocycles. The summed E-state index contributed by atoms with van der Waals surface area (Å²) in [5, 5.41) is 3.55. The highest BCUT2D eigenvalue weighted by Crippen LogP contribution is 2.35. The zero-order valence-corrected chi connectivity index (χ0v) is 12.1. The van der Waals surface area contributed by atoms with Gasteiger partial charge in [0.1, 0.15) is 5.82 Å². The summed E-state index contributed by atoms with van der Waals surface area (Å²) in [5.74, 6) is 0.350. The van der Waals surface area contributed by atoms with Crippen molar-refractivity contribution in [3.63, 3.8) is 0 Å². The molecule has 1 saturated heterocycles. The zero-order chi connectivity index (χ0) is 13.8. The molecule has 2 rings (SSSR count). The Morgan fingerprint density at radius 3 is 2.84 bits per heavy atom. The highest BCUT2D eigenvalue weighted by Gasteiger charge is 2.34. The highest BCUT2D eigenvalue weighted by molar-refractivity contribution is 5.27. The van der Waals surface area contributed by atoms with E-state index in [0.717, 1.165) is 26.0 Å². The van der Waals surface area contributed by atoms with Gasteiger partial charge in [0.25, 0.3) is 0 Å². The number of benzene rings is 1. The van der Waals surface area contributed by atoms with E-state index < -0.39 is 0 Å². The first-order chi connectivity index (χ1) is 9.17. The van der Waals surface area contributed by atoms with E-state index >= 15 is 0 Å². The fourth-order valence-corrected chi connectivity index (χ4v) is 3.06. The Kier molecular flexibility index (Phi) is 4.94. The van der Waals surface area contributed by atoms with E-state index in [9.17, 15) is 4.39 Å². The lowest BCUT2D eigenvalue weighted by Crippen LogP contribution is -2.32. The summed E-state index contributed by atoms with van der Waals surface area (Å²) in [6.45, 7) is 7.85. The second kappa shape index (κ2) is 6.49. The fourth-order valence-electron chi connectivity index (χ4n) is 3.06. The monoisotopic (exact) mass is 265 g/mol. The quantitative estimate of drug-likeness (QED) is 0.878. The number of rotatable bonds is 5. The number of nitrogens with one attached hydrogen (secondary N) is 1. The van der Waals surface area contributed by atoms with Gasteiger partial charge in [-0.25, -0.2) is 4.39 Å². The summed E-state index contributed by atoms with van der Waals surface area (Å²) in [6, 6.07) is 5.71. The molecular formula is C16H24FNO. The summed E-state index contributed by atoms with van der Waals surface area (Å²) >= 11 is 0. The number of hydrogen-bond donors (Lipinski definition) is 1. The van der Waals surface area contributed by atoms with Gasteiger partial charge in [0.15, 0.2) is 0 Å². The number of halogens is 1. The first kappa shape index (κ1) is 14.5. The minimum absolute atomic E-state index is 0.131. The average Bonchev–Trinajstić information content (AvgIpc) is 2.87. The zero-order valence-electron chi connectivity index (χ0n) is 12.1. The van der Waals surface area contributed by atoms with E-state index in [2.05, 4.69) is 19.2 Å². The van der Waals surface area contributed by atoms with Crippen LogP contribution in [0.15, 0.2) is 18.2 Å². The molecule has 0 bridgehead atoms. The van der Waals surface area contributed by atoms with Gasteiger partial charge in [0, 0.05) is 18.6 Å². The van der Waals surface area contributed by atoms with Gasteiger partial charge in [-0.05, 0) is 43.5 Å². The summed E-state index contributed by atoms with van der Waals surface area (Å²) in [7, 11) is 0. The molecule has 3 unspecified atom stereocenters. The van der Waals surface area contributed by atoms with Gasteiger partial charge in [0.2, 0.25) is 0 Å². The molecule has 0 amide bonds. The predicted octanol–water partition coefficient (Wildman–Crippen LogP) is 3.60. The van der Waals surface area contributed by atoms with E-state index in [1.165, 1.54) is 5.56 Å². The Bertz CT molecular complexity index is 421. The number of aryl methyl sites for hydroxylation is 1. The molecule has 0 radical (unpaired) electrons. The van der Waals surface area contributed by atoms with Crippen LogP contribution >= 0.6 is 0 Å². The minimum atomic E-state index is -0.131. The van der Waals surface area contributed by atoms with Crippen LogP contribution in [0.3, 0.4) is 0 Å². The Balaban J connectivity index is 2.25. The molecule has 1 fully saturated rings. The summed E-state index contributed by atoms with van der Waals surface area (Å²) < 4.78 is 19.2. The maximum absolute atomic E-state index is 13.4. The second-order valence-electron chi connectivity index (χ2n) is 5.31. The molecule has 1 aromatic rings. The molecule has 1 aliphatic rings. The van der Waals surface area contributed by atoms with Crippen molar-refractivity contribution in [1.29, 1.82) is 0 Å². The molecule has 3 atom stereocenters. The van der Waals surface area contributed by atoms with Gasteiger partial charge < -0.3 is 10.1 Å². The van der Waals surface area contributed by atoms with Crippen LogP contribution in [0.25, 0.3) is 0 Å². The molecule has 0 aromatic heterocycles. The first-order valence-corrected chi connectivity index (χ1v) is 7.28. The number of ether oxygens (including phenoxy) is 1. The van der Waals surface area contributed by atoms with Crippen molar-refractivity contribution in [2.75, 3.05) is 13.2 Å². The van der Waals surface area contributed by atoms with Crippen LogP contribution < -0.4 is 5.32 Å². The lowest BCUT2D eigenvalue weighted by molar-refractivity contribution is 0.0776. The minimum Gasteiger partial charge on any atom is -0.378 e. The van der Waals surface area contributed by atoms with Gasteiger partial charge in [0.05, 0.1) is 6.10 Å². The van der Waals surface area contributed by atoms with E-state index in [1.54, 1.807) is 6.07 Å². The summed E-state index contributed by atoms with van der Waals surface area (Å²) in [5.41, 5.74) is 1.89. The molecule has 1 heterocycles. The van der Waals surface area contributed by atoms with E-state index in [4.69, 9.17) is 4.74 Å². The average molecular weight is 265 g/mol. The summed E-state index contributed by atoms with van der Waals surface area (Å²) in [4.78, 5) is 0. The van der Waals surface area contributed by atoms with Crippen molar-refractivity contribution in [2.45, 2.75) is 45.8 Å².